The number of anilines is 1. The van der Waals surface area contributed by atoms with Crippen LogP contribution < -0.4 is 15.5 Å². The predicted molar refractivity (Wildman–Crippen MR) is 134 cm³/mol. The molecule has 0 bridgehead atoms. The van der Waals surface area contributed by atoms with Crippen LogP contribution in [0.4, 0.5) is 5.00 Å². The lowest BCUT2D eigenvalue weighted by Gasteiger charge is -2.35. The summed E-state index contributed by atoms with van der Waals surface area (Å²) in [7, 11) is 0. The predicted octanol–water partition coefficient (Wildman–Crippen LogP) is 4.01. The fraction of sp³-hybridized carbons (Fsp3) is 0.762. The van der Waals surface area contributed by atoms with E-state index in [-0.39, 0.29) is 24.0 Å². The van der Waals surface area contributed by atoms with Crippen LogP contribution in [0.2, 0.25) is 0 Å². The molecular formula is C21H38IN5S. The van der Waals surface area contributed by atoms with Crippen LogP contribution in [-0.4, -0.2) is 62.2 Å². The summed E-state index contributed by atoms with van der Waals surface area (Å²) in [6, 6.07) is 5.41. The van der Waals surface area contributed by atoms with Crippen LogP contribution in [0.3, 0.4) is 0 Å². The Morgan fingerprint density at radius 2 is 2.07 bits per heavy atom. The Labute approximate surface area is 192 Å². The summed E-state index contributed by atoms with van der Waals surface area (Å²) in [6.07, 6.45) is 5.04. The van der Waals surface area contributed by atoms with Crippen LogP contribution in [0.5, 0.6) is 0 Å². The van der Waals surface area contributed by atoms with Crippen LogP contribution in [0.15, 0.2) is 22.5 Å². The van der Waals surface area contributed by atoms with Gasteiger partial charge in [0, 0.05) is 38.3 Å². The number of likely N-dealkylation sites (tertiary alicyclic amines) is 1. The smallest absolute Gasteiger partial charge is 0.191 e. The van der Waals surface area contributed by atoms with Gasteiger partial charge >= 0.3 is 0 Å². The van der Waals surface area contributed by atoms with Gasteiger partial charge in [0.1, 0.15) is 0 Å². The van der Waals surface area contributed by atoms with Gasteiger partial charge in [0.2, 0.25) is 0 Å². The Hall–Kier alpha value is -0.540. The molecule has 160 valence electrons. The van der Waals surface area contributed by atoms with Gasteiger partial charge in [-0.2, -0.15) is 0 Å². The molecule has 1 aromatic heterocycles. The Morgan fingerprint density at radius 3 is 2.71 bits per heavy atom. The summed E-state index contributed by atoms with van der Waals surface area (Å²) in [5.74, 6) is 1.81. The SMILES string of the molecule is CCNC(=NCC(C)N1CCCC(C)C1)NC1CCN(c2cccs2)CC1.I. The van der Waals surface area contributed by atoms with Crippen LogP contribution >= 0.6 is 35.3 Å². The molecule has 0 aliphatic carbocycles. The zero-order valence-electron chi connectivity index (χ0n) is 17.7. The number of nitrogens with zero attached hydrogens (tertiary/aromatic N) is 3. The van der Waals surface area contributed by atoms with E-state index in [4.69, 9.17) is 4.99 Å². The van der Waals surface area contributed by atoms with E-state index in [0.717, 1.165) is 38.1 Å². The molecule has 0 spiro atoms. The molecule has 3 rings (SSSR count). The highest BCUT2D eigenvalue weighted by Crippen LogP contribution is 2.24. The number of thiophene rings is 1. The van der Waals surface area contributed by atoms with Crippen molar-refractivity contribution in [2.45, 2.75) is 58.5 Å². The largest absolute Gasteiger partial charge is 0.363 e. The summed E-state index contributed by atoms with van der Waals surface area (Å²) >= 11 is 1.84. The van der Waals surface area contributed by atoms with E-state index in [1.807, 2.05) is 11.3 Å². The van der Waals surface area contributed by atoms with Crippen molar-refractivity contribution in [1.82, 2.24) is 15.5 Å². The summed E-state index contributed by atoms with van der Waals surface area (Å²) in [6.45, 7) is 13.3. The maximum Gasteiger partial charge on any atom is 0.191 e. The minimum atomic E-state index is 0. The van der Waals surface area contributed by atoms with E-state index in [9.17, 15) is 0 Å². The highest BCUT2D eigenvalue weighted by atomic mass is 127. The van der Waals surface area contributed by atoms with Gasteiger partial charge in [0.05, 0.1) is 11.5 Å². The number of aliphatic imine (C=N–C) groups is 1. The third-order valence-electron chi connectivity index (χ3n) is 5.82. The molecule has 3 heterocycles. The third-order valence-corrected chi connectivity index (χ3v) is 6.75. The molecule has 5 nitrogen and oxygen atoms in total. The quantitative estimate of drug-likeness (QED) is 0.339. The molecule has 0 saturated carbocycles. The van der Waals surface area contributed by atoms with Crippen molar-refractivity contribution < 1.29 is 0 Å². The van der Waals surface area contributed by atoms with Gasteiger partial charge in [-0.15, -0.1) is 35.3 Å². The molecule has 2 saturated heterocycles. The van der Waals surface area contributed by atoms with Crippen molar-refractivity contribution in [3.05, 3.63) is 17.5 Å². The Balaban J connectivity index is 0.00000280. The Kier molecular flexibility index (Phi) is 10.4. The van der Waals surface area contributed by atoms with Crippen molar-refractivity contribution in [2.24, 2.45) is 10.9 Å². The van der Waals surface area contributed by atoms with Gasteiger partial charge in [-0.3, -0.25) is 9.89 Å². The van der Waals surface area contributed by atoms with Crippen LogP contribution in [0, 0.1) is 5.92 Å². The van der Waals surface area contributed by atoms with Gasteiger partial charge in [-0.25, -0.2) is 0 Å². The first-order chi connectivity index (χ1) is 13.2. The van der Waals surface area contributed by atoms with E-state index in [2.05, 4.69) is 58.7 Å². The van der Waals surface area contributed by atoms with E-state index in [0.29, 0.717) is 12.1 Å². The first-order valence-electron chi connectivity index (χ1n) is 10.7. The van der Waals surface area contributed by atoms with Crippen molar-refractivity contribution in [1.29, 1.82) is 0 Å². The second-order valence-corrected chi connectivity index (χ2v) is 9.09. The normalized spacial score (nSPS) is 23.2. The lowest BCUT2D eigenvalue weighted by Crippen LogP contribution is -2.49. The molecule has 2 aliphatic heterocycles. The minimum absolute atomic E-state index is 0. The van der Waals surface area contributed by atoms with Gasteiger partial charge in [-0.05, 0) is 69.5 Å². The van der Waals surface area contributed by atoms with Gasteiger partial charge in [-0.1, -0.05) is 6.92 Å². The fourth-order valence-electron chi connectivity index (χ4n) is 4.17. The number of hydrogen-bond donors (Lipinski definition) is 2. The number of guanidine groups is 1. The zero-order chi connectivity index (χ0) is 19.1. The second-order valence-electron chi connectivity index (χ2n) is 8.17. The van der Waals surface area contributed by atoms with Crippen LogP contribution in [0.1, 0.15) is 46.5 Å². The summed E-state index contributed by atoms with van der Waals surface area (Å²) in [5.41, 5.74) is 0. The fourth-order valence-corrected chi connectivity index (χ4v) is 4.96. The molecule has 2 fully saturated rings. The summed E-state index contributed by atoms with van der Waals surface area (Å²) in [5, 5.41) is 10.7. The topological polar surface area (TPSA) is 42.9 Å². The van der Waals surface area contributed by atoms with E-state index in [1.54, 1.807) is 0 Å². The van der Waals surface area contributed by atoms with Crippen molar-refractivity contribution in [3.8, 4) is 0 Å². The highest BCUT2D eigenvalue weighted by Gasteiger charge is 2.22. The molecule has 1 aromatic rings. The molecule has 0 amide bonds. The maximum absolute atomic E-state index is 4.92. The standard InChI is InChI=1S/C21H37N5S.HI/c1-4-22-21(23-15-18(3)26-11-5-7-17(2)16-26)24-19-9-12-25(13-10-19)20-8-6-14-27-20;/h6,8,14,17-19H,4-5,7,9-13,15-16H2,1-3H3,(H2,22,23,24);1H. The number of nitrogens with one attached hydrogen (secondary N) is 2. The van der Waals surface area contributed by atoms with Gasteiger partial charge in [0.25, 0.3) is 0 Å². The molecule has 2 unspecified atom stereocenters. The van der Waals surface area contributed by atoms with Gasteiger partial charge < -0.3 is 15.5 Å². The summed E-state index contributed by atoms with van der Waals surface area (Å²) < 4.78 is 0. The van der Waals surface area contributed by atoms with Crippen LogP contribution in [-0.2, 0) is 0 Å². The van der Waals surface area contributed by atoms with Gasteiger partial charge in [0.15, 0.2) is 5.96 Å². The van der Waals surface area contributed by atoms with Crippen molar-refractivity contribution >= 4 is 46.3 Å². The molecular weight excluding hydrogens is 481 g/mol. The van der Waals surface area contributed by atoms with E-state index in [1.165, 1.54) is 43.8 Å². The van der Waals surface area contributed by atoms with Crippen molar-refractivity contribution in [2.75, 3.05) is 44.2 Å². The lowest BCUT2D eigenvalue weighted by atomic mass is 9.99. The molecule has 0 radical (unpaired) electrons. The van der Waals surface area contributed by atoms with Crippen LogP contribution in [0.25, 0.3) is 0 Å². The number of hydrogen-bond acceptors (Lipinski definition) is 4. The molecule has 0 aromatic carbocycles. The van der Waals surface area contributed by atoms with E-state index < -0.39 is 0 Å². The molecule has 28 heavy (non-hydrogen) atoms. The average Bonchev–Trinajstić information content (AvgIpc) is 3.21. The van der Waals surface area contributed by atoms with Crippen molar-refractivity contribution in [3.63, 3.8) is 0 Å². The highest BCUT2D eigenvalue weighted by molar-refractivity contribution is 14.0. The first kappa shape index (κ1) is 23.7. The number of rotatable bonds is 6. The molecule has 2 aliphatic rings. The second kappa shape index (κ2) is 12.2. The minimum Gasteiger partial charge on any atom is -0.363 e. The lowest BCUT2D eigenvalue weighted by molar-refractivity contribution is 0.142. The molecule has 7 heteroatoms. The number of halogens is 1. The van der Waals surface area contributed by atoms with E-state index >= 15 is 0 Å². The third kappa shape index (κ3) is 7.06. The molecule has 2 N–H and O–H groups in total. The number of piperidine rings is 2. The summed E-state index contributed by atoms with van der Waals surface area (Å²) in [4.78, 5) is 10.0. The average molecular weight is 520 g/mol. The first-order valence-corrected chi connectivity index (χ1v) is 11.6. The molecule has 2 atom stereocenters. The Morgan fingerprint density at radius 1 is 1.29 bits per heavy atom. The Bertz CT molecular complexity index is 571. The zero-order valence-corrected chi connectivity index (χ0v) is 20.8. The monoisotopic (exact) mass is 519 g/mol. The maximum atomic E-state index is 4.92.